The third-order valence-corrected chi connectivity index (χ3v) is 6.23. The molecule has 0 saturated carbocycles. The molecule has 0 aromatic heterocycles. The van der Waals surface area contributed by atoms with E-state index in [0.29, 0.717) is 11.1 Å². The first-order chi connectivity index (χ1) is 19.3. The van der Waals surface area contributed by atoms with E-state index in [1.54, 1.807) is 84.9 Å². The Bertz CT molecular complexity index is 1550. The molecule has 0 unspecified atom stereocenters. The van der Waals surface area contributed by atoms with Crippen LogP contribution in [0.1, 0.15) is 31.8 Å². The van der Waals surface area contributed by atoms with Gasteiger partial charge < -0.3 is 0 Å². The van der Waals surface area contributed by atoms with E-state index in [9.17, 15) is 28.8 Å². The molecule has 0 N–H and O–H groups in total. The summed E-state index contributed by atoms with van der Waals surface area (Å²) in [6.45, 7) is 0. The second-order valence-electron chi connectivity index (χ2n) is 8.79. The fraction of sp³-hybridized carbons (Fsp3) is 0. The SMILES string of the molecule is O=C(C=Cc1ccc(C=CC(=O)c2ccccc2N2C(=O)C=CC2=O)cc1)c1ccccc1N1C(=O)C=CC1=O. The van der Waals surface area contributed by atoms with Crippen LogP contribution in [0.3, 0.4) is 0 Å². The molecule has 0 spiro atoms. The van der Waals surface area contributed by atoms with Crippen LogP contribution >= 0.6 is 0 Å². The fourth-order valence-corrected chi connectivity index (χ4v) is 4.27. The van der Waals surface area contributed by atoms with Crippen LogP contribution in [0.15, 0.2) is 109 Å². The molecule has 3 aromatic rings. The Morgan fingerprint density at radius 1 is 0.475 bits per heavy atom. The van der Waals surface area contributed by atoms with Gasteiger partial charge in [-0.15, -0.1) is 0 Å². The number of rotatable bonds is 8. The average molecular weight is 529 g/mol. The Kier molecular flexibility index (Phi) is 7.07. The van der Waals surface area contributed by atoms with Gasteiger partial charge in [-0.05, 0) is 47.5 Å². The summed E-state index contributed by atoms with van der Waals surface area (Å²) in [6.07, 6.45) is 10.6. The first-order valence-electron chi connectivity index (χ1n) is 12.2. The zero-order chi connectivity index (χ0) is 28.2. The maximum atomic E-state index is 12.9. The van der Waals surface area contributed by atoms with E-state index in [1.165, 1.54) is 12.2 Å². The number of carbonyl (C=O) groups excluding carboxylic acids is 6. The largest absolute Gasteiger partial charge is 0.289 e. The van der Waals surface area contributed by atoms with Crippen molar-refractivity contribution >= 4 is 58.7 Å². The van der Waals surface area contributed by atoms with Gasteiger partial charge >= 0.3 is 0 Å². The molecule has 8 heteroatoms. The lowest BCUT2D eigenvalue weighted by atomic mass is 10.0. The second kappa shape index (κ2) is 10.9. The molecule has 5 rings (SSSR count). The van der Waals surface area contributed by atoms with Gasteiger partial charge in [0.25, 0.3) is 23.6 Å². The van der Waals surface area contributed by atoms with Gasteiger partial charge in [-0.2, -0.15) is 0 Å². The van der Waals surface area contributed by atoms with Gasteiger partial charge in [0.15, 0.2) is 11.6 Å². The van der Waals surface area contributed by atoms with Crippen LogP contribution in [0, 0.1) is 0 Å². The number of hydrogen-bond acceptors (Lipinski definition) is 6. The van der Waals surface area contributed by atoms with Crippen LogP contribution in [0.2, 0.25) is 0 Å². The molecule has 40 heavy (non-hydrogen) atoms. The van der Waals surface area contributed by atoms with Gasteiger partial charge in [0, 0.05) is 35.4 Å². The molecule has 194 valence electrons. The molecular weight excluding hydrogens is 508 g/mol. The average Bonchev–Trinajstić information content (AvgIpc) is 3.49. The number of carbonyl (C=O) groups is 6. The summed E-state index contributed by atoms with van der Waals surface area (Å²) in [7, 11) is 0. The molecule has 2 heterocycles. The minimum Gasteiger partial charge on any atom is -0.289 e. The van der Waals surface area contributed by atoms with Crippen molar-refractivity contribution in [3.8, 4) is 0 Å². The van der Waals surface area contributed by atoms with Crippen LogP contribution in [0.4, 0.5) is 11.4 Å². The lowest BCUT2D eigenvalue weighted by Gasteiger charge is -2.16. The fourth-order valence-electron chi connectivity index (χ4n) is 4.27. The molecule has 0 atom stereocenters. The van der Waals surface area contributed by atoms with Gasteiger partial charge in [0.05, 0.1) is 11.4 Å². The maximum Gasteiger partial charge on any atom is 0.258 e. The summed E-state index contributed by atoms with van der Waals surface area (Å²) >= 11 is 0. The molecule has 0 fully saturated rings. The van der Waals surface area contributed by atoms with Crippen molar-refractivity contribution in [1.29, 1.82) is 0 Å². The maximum absolute atomic E-state index is 12.9. The highest BCUT2D eigenvalue weighted by Gasteiger charge is 2.29. The number of nitrogens with zero attached hydrogens (tertiary/aromatic N) is 2. The van der Waals surface area contributed by atoms with Crippen molar-refractivity contribution in [2.75, 3.05) is 9.80 Å². The van der Waals surface area contributed by atoms with Gasteiger partial charge in [-0.3, -0.25) is 28.8 Å². The molecule has 0 saturated heterocycles. The number of anilines is 2. The summed E-state index contributed by atoms with van der Waals surface area (Å²) in [6, 6.07) is 19.8. The van der Waals surface area contributed by atoms with Gasteiger partial charge in [0.2, 0.25) is 0 Å². The van der Waals surface area contributed by atoms with E-state index < -0.39 is 23.6 Å². The number of para-hydroxylation sites is 2. The molecule has 2 aliphatic rings. The second-order valence-corrected chi connectivity index (χ2v) is 8.79. The number of allylic oxidation sites excluding steroid dienone is 2. The lowest BCUT2D eigenvalue weighted by Crippen LogP contribution is -2.30. The Labute approximate surface area is 228 Å². The molecule has 0 bridgehead atoms. The number of ketones is 2. The topological polar surface area (TPSA) is 109 Å². The summed E-state index contributed by atoms with van der Waals surface area (Å²) in [4.78, 5) is 76.0. The van der Waals surface area contributed by atoms with Crippen molar-refractivity contribution in [1.82, 2.24) is 0 Å². The summed E-state index contributed by atoms with van der Waals surface area (Å²) in [5, 5.41) is 0. The van der Waals surface area contributed by atoms with E-state index in [1.807, 2.05) is 0 Å². The summed E-state index contributed by atoms with van der Waals surface area (Å²) in [5.74, 6) is -2.77. The quantitative estimate of drug-likeness (QED) is 0.245. The number of imide groups is 2. The zero-order valence-electron chi connectivity index (χ0n) is 20.9. The van der Waals surface area contributed by atoms with Crippen molar-refractivity contribution in [3.63, 3.8) is 0 Å². The standard InChI is InChI=1S/C32H20N2O6/c35-27(23-5-1-3-7-25(23)33-29(37)17-18-30(33)38)15-13-21-9-11-22(12-10-21)14-16-28(36)24-6-2-4-8-26(24)34-31(39)19-20-32(34)40/h1-20H. The summed E-state index contributed by atoms with van der Waals surface area (Å²) < 4.78 is 0. The summed E-state index contributed by atoms with van der Waals surface area (Å²) in [5.41, 5.74) is 2.31. The van der Waals surface area contributed by atoms with Gasteiger partial charge in [-0.25, -0.2) is 9.80 Å². The Morgan fingerprint density at radius 3 is 1.15 bits per heavy atom. The molecular formula is C32H20N2O6. The predicted octanol–water partition coefficient (Wildman–Crippen LogP) is 4.34. The zero-order valence-corrected chi connectivity index (χ0v) is 20.9. The van der Waals surface area contributed by atoms with Crippen LogP contribution in [-0.2, 0) is 19.2 Å². The smallest absolute Gasteiger partial charge is 0.258 e. The van der Waals surface area contributed by atoms with Gasteiger partial charge in [-0.1, -0.05) is 60.7 Å². The minimum absolute atomic E-state index is 0.218. The normalized spacial score (nSPS) is 14.9. The van der Waals surface area contributed by atoms with E-state index >= 15 is 0 Å². The van der Waals surface area contributed by atoms with Crippen molar-refractivity contribution in [3.05, 3.63) is 132 Å². The Morgan fingerprint density at radius 2 is 0.800 bits per heavy atom. The third kappa shape index (κ3) is 5.14. The number of amides is 4. The number of benzene rings is 3. The van der Waals surface area contributed by atoms with Crippen molar-refractivity contribution in [2.24, 2.45) is 0 Å². The monoisotopic (exact) mass is 528 g/mol. The molecule has 3 aromatic carbocycles. The van der Waals surface area contributed by atoms with E-state index in [-0.39, 0.29) is 34.1 Å². The van der Waals surface area contributed by atoms with Crippen LogP contribution in [-0.4, -0.2) is 35.2 Å². The van der Waals surface area contributed by atoms with Crippen LogP contribution < -0.4 is 9.80 Å². The minimum atomic E-state index is -0.505. The number of hydrogen-bond donors (Lipinski definition) is 0. The lowest BCUT2D eigenvalue weighted by molar-refractivity contribution is -0.121. The Hall–Kier alpha value is -5.76. The van der Waals surface area contributed by atoms with Crippen LogP contribution in [0.25, 0.3) is 12.2 Å². The van der Waals surface area contributed by atoms with Crippen molar-refractivity contribution in [2.45, 2.75) is 0 Å². The van der Waals surface area contributed by atoms with E-state index in [4.69, 9.17) is 0 Å². The van der Waals surface area contributed by atoms with E-state index in [0.717, 1.165) is 34.1 Å². The first kappa shape index (κ1) is 25.9. The van der Waals surface area contributed by atoms with Crippen molar-refractivity contribution < 1.29 is 28.8 Å². The Balaban J connectivity index is 1.28. The molecule has 0 radical (unpaired) electrons. The first-order valence-corrected chi connectivity index (χ1v) is 12.2. The highest BCUT2D eigenvalue weighted by atomic mass is 16.2. The molecule has 2 aliphatic heterocycles. The molecule has 8 nitrogen and oxygen atoms in total. The predicted molar refractivity (Wildman–Crippen MR) is 149 cm³/mol. The highest BCUT2D eigenvalue weighted by Crippen LogP contribution is 2.26. The van der Waals surface area contributed by atoms with Crippen LogP contribution in [0.5, 0.6) is 0 Å². The molecule has 4 amide bonds. The molecule has 0 aliphatic carbocycles. The van der Waals surface area contributed by atoms with E-state index in [2.05, 4.69) is 0 Å². The van der Waals surface area contributed by atoms with Gasteiger partial charge in [0.1, 0.15) is 0 Å². The third-order valence-electron chi connectivity index (χ3n) is 6.23. The highest BCUT2D eigenvalue weighted by molar-refractivity contribution is 6.31.